The second-order valence-corrected chi connectivity index (χ2v) is 4.14. The highest BCUT2D eigenvalue weighted by Crippen LogP contribution is 2.32. The van der Waals surface area contributed by atoms with E-state index in [0.717, 1.165) is 24.1 Å². The van der Waals surface area contributed by atoms with Crippen LogP contribution >= 0.6 is 0 Å². The zero-order valence-electron chi connectivity index (χ0n) is 8.57. The Bertz CT molecular complexity index is 497. The van der Waals surface area contributed by atoms with E-state index < -0.39 is 0 Å². The summed E-state index contributed by atoms with van der Waals surface area (Å²) in [6.45, 7) is 2.17. The fourth-order valence-corrected chi connectivity index (χ4v) is 2.23. The smallest absolute Gasteiger partial charge is 0.143 e. The fourth-order valence-electron chi connectivity index (χ4n) is 2.23. The van der Waals surface area contributed by atoms with E-state index in [-0.39, 0.29) is 0 Å². The molecule has 1 saturated heterocycles. The van der Waals surface area contributed by atoms with E-state index in [0.29, 0.717) is 11.7 Å². The minimum absolute atomic E-state index is 0.567. The molecule has 1 fully saturated rings. The number of aromatic amines is 1. The van der Waals surface area contributed by atoms with E-state index in [1.54, 1.807) is 0 Å². The van der Waals surface area contributed by atoms with Gasteiger partial charge < -0.3 is 15.6 Å². The zero-order valence-corrected chi connectivity index (χ0v) is 8.57. The van der Waals surface area contributed by atoms with Crippen molar-refractivity contribution in [2.24, 2.45) is 0 Å². The zero-order chi connectivity index (χ0) is 10.4. The molecule has 15 heavy (non-hydrogen) atoms. The molecule has 5 nitrogen and oxygen atoms in total. The molecule has 5 heteroatoms. The van der Waals surface area contributed by atoms with Gasteiger partial charge in [0, 0.05) is 25.2 Å². The number of likely N-dealkylation sites (tertiary alicyclic amines) is 1. The van der Waals surface area contributed by atoms with Gasteiger partial charge in [0.05, 0.1) is 5.39 Å². The number of rotatable bonds is 1. The van der Waals surface area contributed by atoms with E-state index in [1.165, 1.54) is 11.9 Å². The van der Waals surface area contributed by atoms with Crippen LogP contribution in [0.25, 0.3) is 11.0 Å². The van der Waals surface area contributed by atoms with Gasteiger partial charge in [-0.1, -0.05) is 0 Å². The lowest BCUT2D eigenvalue weighted by Gasteiger charge is -2.36. The molecule has 2 aromatic rings. The fraction of sp³-hybridized carbons (Fsp3) is 0.400. The van der Waals surface area contributed by atoms with Crippen LogP contribution in [0, 0.1) is 0 Å². The van der Waals surface area contributed by atoms with Crippen molar-refractivity contribution in [2.45, 2.75) is 5.92 Å². The van der Waals surface area contributed by atoms with E-state index in [2.05, 4.69) is 26.9 Å². The quantitative estimate of drug-likeness (QED) is 0.710. The molecule has 0 aliphatic carbocycles. The summed E-state index contributed by atoms with van der Waals surface area (Å²) in [7, 11) is 2.12. The monoisotopic (exact) mass is 203 g/mol. The predicted octanol–water partition coefficient (Wildman–Crippen LogP) is 0.569. The number of H-pyrrole nitrogens is 1. The molecule has 0 aromatic carbocycles. The van der Waals surface area contributed by atoms with Crippen LogP contribution in [0.4, 0.5) is 5.82 Å². The Balaban J connectivity index is 2.11. The normalized spacial score (nSPS) is 18.2. The highest BCUT2D eigenvalue weighted by Gasteiger charge is 2.27. The van der Waals surface area contributed by atoms with Crippen molar-refractivity contribution in [3.63, 3.8) is 0 Å². The van der Waals surface area contributed by atoms with Crippen LogP contribution < -0.4 is 5.73 Å². The molecule has 0 spiro atoms. The van der Waals surface area contributed by atoms with Gasteiger partial charge in [-0.25, -0.2) is 9.97 Å². The number of likely N-dealkylation sites (N-methyl/N-ethyl adjacent to an activating group) is 1. The standard InChI is InChI=1S/C10H13N5/c1-15-3-6(4-15)7-2-12-10-8(7)9(11)13-5-14-10/h2,5-6H,3-4H2,1H3,(H3,11,12,13,14). The largest absolute Gasteiger partial charge is 0.383 e. The molecule has 0 saturated carbocycles. The van der Waals surface area contributed by atoms with Crippen molar-refractivity contribution in [3.05, 3.63) is 18.1 Å². The molecular formula is C10H13N5. The topological polar surface area (TPSA) is 70.8 Å². The number of nitrogen functional groups attached to an aromatic ring is 1. The number of nitrogens with zero attached hydrogens (tertiary/aromatic N) is 3. The summed E-state index contributed by atoms with van der Waals surface area (Å²) in [4.78, 5) is 13.6. The summed E-state index contributed by atoms with van der Waals surface area (Å²) in [5.74, 6) is 1.14. The maximum Gasteiger partial charge on any atom is 0.143 e. The average Bonchev–Trinajstić information content (AvgIpc) is 2.58. The van der Waals surface area contributed by atoms with E-state index in [4.69, 9.17) is 5.73 Å². The summed E-state index contributed by atoms with van der Waals surface area (Å²) in [5.41, 5.74) is 7.96. The van der Waals surface area contributed by atoms with Crippen LogP contribution in [0.5, 0.6) is 0 Å². The van der Waals surface area contributed by atoms with Gasteiger partial charge in [0.15, 0.2) is 0 Å². The van der Waals surface area contributed by atoms with E-state index in [9.17, 15) is 0 Å². The minimum atomic E-state index is 0.567. The van der Waals surface area contributed by atoms with Crippen LogP contribution in [0.3, 0.4) is 0 Å². The van der Waals surface area contributed by atoms with Gasteiger partial charge in [-0.3, -0.25) is 0 Å². The minimum Gasteiger partial charge on any atom is -0.383 e. The van der Waals surface area contributed by atoms with Crippen molar-refractivity contribution < 1.29 is 0 Å². The van der Waals surface area contributed by atoms with E-state index >= 15 is 0 Å². The van der Waals surface area contributed by atoms with E-state index in [1.807, 2.05) is 6.20 Å². The van der Waals surface area contributed by atoms with Crippen molar-refractivity contribution >= 4 is 16.9 Å². The third kappa shape index (κ3) is 1.20. The number of hydrogen-bond donors (Lipinski definition) is 2. The SMILES string of the molecule is CN1CC(c2c[nH]c3ncnc(N)c23)C1. The molecule has 1 aliphatic rings. The summed E-state index contributed by atoms with van der Waals surface area (Å²) in [6, 6.07) is 0. The molecule has 3 N–H and O–H groups in total. The van der Waals surface area contributed by atoms with Gasteiger partial charge in [0.2, 0.25) is 0 Å². The van der Waals surface area contributed by atoms with Crippen molar-refractivity contribution in [3.8, 4) is 0 Å². The molecule has 3 rings (SSSR count). The first-order chi connectivity index (χ1) is 7.25. The van der Waals surface area contributed by atoms with Crippen LogP contribution in [0.1, 0.15) is 11.5 Å². The highest BCUT2D eigenvalue weighted by atomic mass is 15.2. The van der Waals surface area contributed by atoms with Gasteiger partial charge in [0.1, 0.15) is 17.8 Å². The summed E-state index contributed by atoms with van der Waals surface area (Å²) in [6.07, 6.45) is 3.50. The Kier molecular flexibility index (Phi) is 1.70. The van der Waals surface area contributed by atoms with Gasteiger partial charge in [-0.05, 0) is 12.6 Å². The molecule has 0 unspecified atom stereocenters. The Labute approximate surface area is 87.3 Å². The molecular weight excluding hydrogens is 190 g/mol. The lowest BCUT2D eigenvalue weighted by molar-refractivity contribution is 0.191. The summed E-state index contributed by atoms with van der Waals surface area (Å²) >= 11 is 0. The number of nitrogens with two attached hydrogens (primary N) is 1. The molecule has 0 atom stereocenters. The van der Waals surface area contributed by atoms with Crippen LogP contribution in [0.2, 0.25) is 0 Å². The third-order valence-electron chi connectivity index (χ3n) is 3.03. The maximum atomic E-state index is 5.87. The second-order valence-electron chi connectivity index (χ2n) is 4.14. The molecule has 0 radical (unpaired) electrons. The lowest BCUT2D eigenvalue weighted by atomic mass is 9.92. The Morgan fingerprint density at radius 2 is 2.27 bits per heavy atom. The highest BCUT2D eigenvalue weighted by molar-refractivity contribution is 5.89. The van der Waals surface area contributed by atoms with Crippen LogP contribution in [-0.4, -0.2) is 40.0 Å². The number of anilines is 1. The molecule has 78 valence electrons. The molecule has 0 amide bonds. The number of aromatic nitrogens is 3. The third-order valence-corrected chi connectivity index (χ3v) is 3.03. The Hall–Kier alpha value is -1.62. The van der Waals surface area contributed by atoms with Gasteiger partial charge in [-0.15, -0.1) is 0 Å². The first-order valence-electron chi connectivity index (χ1n) is 5.01. The first-order valence-corrected chi connectivity index (χ1v) is 5.01. The lowest BCUT2D eigenvalue weighted by Crippen LogP contribution is -2.41. The van der Waals surface area contributed by atoms with Crippen molar-refractivity contribution in [2.75, 3.05) is 25.9 Å². The van der Waals surface area contributed by atoms with Crippen LogP contribution in [-0.2, 0) is 0 Å². The summed E-state index contributed by atoms with van der Waals surface area (Å²) < 4.78 is 0. The average molecular weight is 203 g/mol. The van der Waals surface area contributed by atoms with Crippen molar-refractivity contribution in [1.82, 2.24) is 19.9 Å². The molecule has 2 aromatic heterocycles. The second kappa shape index (κ2) is 2.93. The molecule has 3 heterocycles. The van der Waals surface area contributed by atoms with Gasteiger partial charge >= 0.3 is 0 Å². The Morgan fingerprint density at radius 1 is 1.47 bits per heavy atom. The van der Waals surface area contributed by atoms with Gasteiger partial charge in [0.25, 0.3) is 0 Å². The molecule has 1 aliphatic heterocycles. The van der Waals surface area contributed by atoms with Crippen molar-refractivity contribution in [1.29, 1.82) is 0 Å². The predicted molar refractivity (Wildman–Crippen MR) is 58.5 cm³/mol. The number of fused-ring (bicyclic) bond motifs is 1. The first kappa shape index (κ1) is 8.67. The molecule has 0 bridgehead atoms. The Morgan fingerprint density at radius 3 is 3.00 bits per heavy atom. The number of nitrogens with one attached hydrogen (secondary N) is 1. The number of hydrogen-bond acceptors (Lipinski definition) is 4. The summed E-state index contributed by atoms with van der Waals surface area (Å²) in [5, 5.41) is 0.996. The van der Waals surface area contributed by atoms with Crippen LogP contribution in [0.15, 0.2) is 12.5 Å². The maximum absolute atomic E-state index is 5.87. The van der Waals surface area contributed by atoms with Gasteiger partial charge in [-0.2, -0.15) is 0 Å².